The van der Waals surface area contributed by atoms with Gasteiger partial charge in [0.1, 0.15) is 0 Å². The van der Waals surface area contributed by atoms with Crippen LogP contribution in [0.25, 0.3) is 16.8 Å². The lowest BCUT2D eigenvalue weighted by Gasteiger charge is -2.03. The molecule has 0 spiro atoms. The molecule has 0 atom stereocenters. The lowest BCUT2D eigenvalue weighted by molar-refractivity contribution is -0.131. The van der Waals surface area contributed by atoms with Gasteiger partial charge in [-0.05, 0) is 31.6 Å². The van der Waals surface area contributed by atoms with Gasteiger partial charge in [-0.3, -0.25) is 0 Å². The minimum Gasteiger partial charge on any atom is -0.478 e. The Morgan fingerprint density at radius 1 is 1.47 bits per heavy atom. The van der Waals surface area contributed by atoms with Gasteiger partial charge >= 0.3 is 5.97 Å². The molecule has 0 aliphatic carbocycles. The summed E-state index contributed by atoms with van der Waals surface area (Å²) >= 11 is 7.46. The second kappa shape index (κ2) is 5.55. The zero-order valence-corrected chi connectivity index (χ0v) is 12.0. The highest BCUT2D eigenvalue weighted by Crippen LogP contribution is 2.34. The average molecular weight is 294 g/mol. The molecule has 2 aromatic rings. The number of hydrogen-bond donors (Lipinski definition) is 1. The number of benzene rings is 1. The van der Waals surface area contributed by atoms with Crippen molar-refractivity contribution < 1.29 is 9.90 Å². The van der Waals surface area contributed by atoms with Crippen molar-refractivity contribution in [3.05, 3.63) is 45.2 Å². The summed E-state index contributed by atoms with van der Waals surface area (Å²) < 4.78 is 0. The van der Waals surface area contributed by atoms with Gasteiger partial charge in [0.25, 0.3) is 0 Å². The average Bonchev–Trinajstić information content (AvgIpc) is 2.70. The van der Waals surface area contributed by atoms with Crippen LogP contribution in [-0.2, 0) is 4.79 Å². The van der Waals surface area contributed by atoms with Crippen molar-refractivity contribution in [2.45, 2.75) is 13.8 Å². The van der Waals surface area contributed by atoms with Gasteiger partial charge < -0.3 is 5.11 Å². The highest BCUT2D eigenvalue weighted by Gasteiger charge is 2.13. The lowest BCUT2D eigenvalue weighted by Crippen LogP contribution is -1.90. The van der Waals surface area contributed by atoms with Gasteiger partial charge in [-0.1, -0.05) is 23.7 Å². The van der Waals surface area contributed by atoms with Crippen molar-refractivity contribution in [3.63, 3.8) is 0 Å². The fourth-order valence-corrected chi connectivity index (χ4v) is 2.88. The Morgan fingerprint density at radius 2 is 2.21 bits per heavy atom. The normalized spacial score (nSPS) is 11.6. The van der Waals surface area contributed by atoms with Gasteiger partial charge in [-0.2, -0.15) is 0 Å². The van der Waals surface area contributed by atoms with Crippen LogP contribution in [0.2, 0.25) is 5.02 Å². The maximum Gasteiger partial charge on any atom is 0.328 e. The molecule has 0 saturated carbocycles. The number of aromatic nitrogens is 1. The first-order valence-electron chi connectivity index (χ1n) is 5.62. The molecule has 2 rings (SSSR count). The Bertz CT molecular complexity index is 661. The van der Waals surface area contributed by atoms with Crippen molar-refractivity contribution in [1.29, 1.82) is 0 Å². The lowest BCUT2D eigenvalue weighted by atomic mass is 10.1. The van der Waals surface area contributed by atoms with Crippen molar-refractivity contribution in [3.8, 4) is 11.3 Å². The molecule has 1 aromatic carbocycles. The molecule has 98 valence electrons. The summed E-state index contributed by atoms with van der Waals surface area (Å²) in [4.78, 5) is 16.1. The van der Waals surface area contributed by atoms with Crippen LogP contribution >= 0.6 is 22.9 Å². The van der Waals surface area contributed by atoms with Gasteiger partial charge in [0, 0.05) is 16.7 Å². The molecule has 19 heavy (non-hydrogen) atoms. The van der Waals surface area contributed by atoms with Crippen LogP contribution in [-0.4, -0.2) is 16.1 Å². The van der Waals surface area contributed by atoms with Gasteiger partial charge in [-0.15, -0.1) is 11.3 Å². The van der Waals surface area contributed by atoms with Gasteiger partial charge in [0.05, 0.1) is 15.6 Å². The number of allylic oxidation sites excluding steroid dienone is 1. The summed E-state index contributed by atoms with van der Waals surface area (Å²) in [5.41, 5.74) is 2.36. The first kappa shape index (κ1) is 13.8. The number of aliphatic carboxylic acids is 1. The molecular weight excluding hydrogens is 282 g/mol. The maximum absolute atomic E-state index is 10.8. The number of hydrogen-bond acceptors (Lipinski definition) is 3. The number of carbonyl (C=O) groups is 1. The topological polar surface area (TPSA) is 50.2 Å². The van der Waals surface area contributed by atoms with Crippen molar-refractivity contribution in [2.24, 2.45) is 0 Å². The minimum atomic E-state index is -0.958. The van der Waals surface area contributed by atoms with E-state index in [2.05, 4.69) is 4.98 Å². The molecular formula is C14H12ClNO2S. The molecule has 1 N–H and O–H groups in total. The number of rotatable bonds is 3. The molecule has 0 aliphatic heterocycles. The van der Waals surface area contributed by atoms with Gasteiger partial charge in [0.2, 0.25) is 0 Å². The van der Waals surface area contributed by atoms with E-state index in [-0.39, 0.29) is 0 Å². The summed E-state index contributed by atoms with van der Waals surface area (Å²) in [6.07, 6.45) is 1.20. The SMILES string of the molecule is C/C(=C\C(=O)O)c1sc(C)nc1-c1cccc(Cl)c1. The molecule has 0 aliphatic rings. The number of thiazole rings is 1. The van der Waals surface area contributed by atoms with E-state index in [1.807, 2.05) is 25.1 Å². The standard InChI is InChI=1S/C14H12ClNO2S/c1-8(6-12(17)18)14-13(16-9(2)19-14)10-4-3-5-11(15)7-10/h3-7H,1-2H3,(H,17,18)/b8-6+. The fraction of sp³-hybridized carbons (Fsp3) is 0.143. The quantitative estimate of drug-likeness (QED) is 0.860. The largest absolute Gasteiger partial charge is 0.478 e. The summed E-state index contributed by atoms with van der Waals surface area (Å²) in [7, 11) is 0. The zero-order valence-electron chi connectivity index (χ0n) is 10.5. The molecule has 0 bridgehead atoms. The van der Waals surface area contributed by atoms with Gasteiger partial charge in [-0.25, -0.2) is 9.78 Å². The Morgan fingerprint density at radius 3 is 2.84 bits per heavy atom. The second-order valence-corrected chi connectivity index (χ2v) is 5.73. The Hall–Kier alpha value is -1.65. The highest BCUT2D eigenvalue weighted by molar-refractivity contribution is 7.13. The van der Waals surface area contributed by atoms with E-state index in [0.717, 1.165) is 21.1 Å². The second-order valence-electron chi connectivity index (χ2n) is 4.09. The van der Waals surface area contributed by atoms with Crippen molar-refractivity contribution in [1.82, 2.24) is 4.98 Å². The summed E-state index contributed by atoms with van der Waals surface area (Å²) in [5.74, 6) is -0.958. The van der Waals surface area contributed by atoms with Gasteiger partial charge in [0.15, 0.2) is 0 Å². The Balaban J connectivity index is 2.56. The number of carboxylic acids is 1. The van der Waals surface area contributed by atoms with E-state index in [0.29, 0.717) is 10.6 Å². The molecule has 0 unspecified atom stereocenters. The maximum atomic E-state index is 10.8. The van der Waals surface area contributed by atoms with E-state index in [1.165, 1.54) is 17.4 Å². The number of carboxylic acid groups (broad SMARTS) is 1. The fourth-order valence-electron chi connectivity index (χ4n) is 1.78. The van der Waals surface area contributed by atoms with Crippen LogP contribution in [0.4, 0.5) is 0 Å². The summed E-state index contributed by atoms with van der Waals surface area (Å²) in [5, 5.41) is 10.4. The van der Waals surface area contributed by atoms with Crippen LogP contribution in [0, 0.1) is 6.92 Å². The monoisotopic (exact) mass is 293 g/mol. The third-order valence-electron chi connectivity index (χ3n) is 2.53. The minimum absolute atomic E-state index is 0.633. The number of aryl methyl sites for hydroxylation is 1. The molecule has 3 nitrogen and oxygen atoms in total. The predicted octanol–water partition coefficient (Wildman–Crippen LogP) is 4.26. The summed E-state index contributed by atoms with van der Waals surface area (Å²) in [6.45, 7) is 3.67. The van der Waals surface area contributed by atoms with E-state index in [1.54, 1.807) is 13.0 Å². The highest BCUT2D eigenvalue weighted by atomic mass is 35.5. The van der Waals surface area contributed by atoms with E-state index in [9.17, 15) is 4.79 Å². The van der Waals surface area contributed by atoms with Crippen molar-refractivity contribution >= 4 is 34.5 Å². The van der Waals surface area contributed by atoms with E-state index < -0.39 is 5.97 Å². The van der Waals surface area contributed by atoms with E-state index in [4.69, 9.17) is 16.7 Å². The molecule has 5 heteroatoms. The van der Waals surface area contributed by atoms with Crippen LogP contribution in [0.5, 0.6) is 0 Å². The first-order valence-corrected chi connectivity index (χ1v) is 6.82. The molecule has 0 amide bonds. The smallest absolute Gasteiger partial charge is 0.328 e. The molecule has 0 fully saturated rings. The summed E-state index contributed by atoms with van der Waals surface area (Å²) in [6, 6.07) is 7.39. The van der Waals surface area contributed by atoms with Crippen LogP contribution < -0.4 is 0 Å². The molecule has 0 saturated heterocycles. The third kappa shape index (κ3) is 3.22. The number of halogens is 1. The molecule has 0 radical (unpaired) electrons. The molecule has 1 heterocycles. The predicted molar refractivity (Wildman–Crippen MR) is 78.6 cm³/mol. The van der Waals surface area contributed by atoms with Crippen LogP contribution in [0.1, 0.15) is 16.8 Å². The third-order valence-corrected chi connectivity index (χ3v) is 3.87. The van der Waals surface area contributed by atoms with E-state index >= 15 is 0 Å². The van der Waals surface area contributed by atoms with Crippen molar-refractivity contribution in [2.75, 3.05) is 0 Å². The van der Waals surface area contributed by atoms with Crippen LogP contribution in [0.3, 0.4) is 0 Å². The zero-order chi connectivity index (χ0) is 14.0. The molecule has 1 aromatic heterocycles. The first-order chi connectivity index (χ1) is 8.97. The Kier molecular flexibility index (Phi) is 4.02. The van der Waals surface area contributed by atoms with Crippen LogP contribution in [0.15, 0.2) is 30.3 Å². The number of nitrogens with zero attached hydrogens (tertiary/aromatic N) is 1. The Labute approximate surface area is 120 Å².